The molecular formula is C14H20N2O3. The van der Waals surface area contributed by atoms with Crippen LogP contribution in [0, 0.1) is 0 Å². The summed E-state index contributed by atoms with van der Waals surface area (Å²) in [5.74, 6) is -0.651. The van der Waals surface area contributed by atoms with Crippen LogP contribution in [0.3, 0.4) is 0 Å². The molecule has 19 heavy (non-hydrogen) atoms. The summed E-state index contributed by atoms with van der Waals surface area (Å²) in [6.45, 7) is 2.81. The van der Waals surface area contributed by atoms with E-state index in [1.54, 1.807) is 0 Å². The van der Waals surface area contributed by atoms with E-state index >= 15 is 0 Å². The number of benzene rings is 1. The molecule has 1 aromatic carbocycles. The normalized spacial score (nSPS) is 11.7. The summed E-state index contributed by atoms with van der Waals surface area (Å²) in [7, 11) is 1.32. The fourth-order valence-corrected chi connectivity index (χ4v) is 1.67. The number of ether oxygens (including phenoxy) is 1. The molecule has 0 fully saturated rings. The molecule has 0 radical (unpaired) electrons. The van der Waals surface area contributed by atoms with E-state index in [-0.39, 0.29) is 12.5 Å². The Morgan fingerprint density at radius 3 is 2.53 bits per heavy atom. The SMILES string of the molecule is CCNCC(=O)NC(Cc1ccccc1)C(=O)OC. The van der Waals surface area contributed by atoms with Gasteiger partial charge >= 0.3 is 5.97 Å². The maximum absolute atomic E-state index is 11.7. The van der Waals surface area contributed by atoms with Crippen molar-refractivity contribution in [3.8, 4) is 0 Å². The van der Waals surface area contributed by atoms with E-state index in [1.165, 1.54) is 7.11 Å². The Balaban J connectivity index is 2.62. The number of hydrogen-bond donors (Lipinski definition) is 2. The molecule has 5 heteroatoms. The van der Waals surface area contributed by atoms with Crippen molar-refractivity contribution >= 4 is 11.9 Å². The van der Waals surface area contributed by atoms with Crippen molar-refractivity contribution in [2.75, 3.05) is 20.2 Å². The van der Waals surface area contributed by atoms with E-state index < -0.39 is 12.0 Å². The Kier molecular flexibility index (Phi) is 6.60. The molecule has 0 bridgehead atoms. The molecule has 0 spiro atoms. The molecule has 0 saturated heterocycles. The largest absolute Gasteiger partial charge is 0.467 e. The lowest BCUT2D eigenvalue weighted by Gasteiger charge is -2.16. The minimum atomic E-state index is -0.654. The second kappa shape index (κ2) is 8.26. The van der Waals surface area contributed by atoms with Gasteiger partial charge in [-0.1, -0.05) is 37.3 Å². The minimum absolute atomic E-state index is 0.193. The zero-order valence-electron chi connectivity index (χ0n) is 11.3. The molecule has 0 aliphatic heterocycles. The van der Waals surface area contributed by atoms with Crippen LogP contribution in [-0.2, 0) is 20.7 Å². The molecule has 1 atom stereocenters. The highest BCUT2D eigenvalue weighted by Crippen LogP contribution is 2.04. The van der Waals surface area contributed by atoms with Crippen LogP contribution in [0.2, 0.25) is 0 Å². The van der Waals surface area contributed by atoms with Crippen molar-refractivity contribution in [3.05, 3.63) is 35.9 Å². The summed E-state index contributed by atoms with van der Waals surface area (Å²) in [5, 5.41) is 5.59. The number of hydrogen-bond acceptors (Lipinski definition) is 4. The topological polar surface area (TPSA) is 67.4 Å². The molecule has 0 aromatic heterocycles. The van der Waals surface area contributed by atoms with E-state index in [0.29, 0.717) is 13.0 Å². The van der Waals surface area contributed by atoms with Gasteiger partial charge in [-0.2, -0.15) is 0 Å². The average Bonchev–Trinajstić information content (AvgIpc) is 2.44. The first-order chi connectivity index (χ1) is 9.17. The van der Waals surface area contributed by atoms with Crippen molar-refractivity contribution in [2.24, 2.45) is 0 Å². The van der Waals surface area contributed by atoms with Gasteiger partial charge in [-0.3, -0.25) is 4.79 Å². The fraction of sp³-hybridized carbons (Fsp3) is 0.429. The van der Waals surface area contributed by atoms with Crippen LogP contribution in [0.5, 0.6) is 0 Å². The zero-order chi connectivity index (χ0) is 14.1. The van der Waals surface area contributed by atoms with Gasteiger partial charge in [-0.05, 0) is 12.1 Å². The Labute approximate surface area is 113 Å². The summed E-state index contributed by atoms with van der Waals surface area (Å²) in [6.07, 6.45) is 0.422. The highest BCUT2D eigenvalue weighted by Gasteiger charge is 2.21. The van der Waals surface area contributed by atoms with Gasteiger partial charge in [0, 0.05) is 6.42 Å². The summed E-state index contributed by atoms with van der Waals surface area (Å²) >= 11 is 0. The van der Waals surface area contributed by atoms with Crippen LogP contribution in [0.25, 0.3) is 0 Å². The van der Waals surface area contributed by atoms with Crippen LogP contribution in [0.15, 0.2) is 30.3 Å². The lowest BCUT2D eigenvalue weighted by Crippen LogP contribution is -2.46. The monoisotopic (exact) mass is 264 g/mol. The first kappa shape index (κ1) is 15.2. The summed E-state index contributed by atoms with van der Waals surface area (Å²) in [6, 6.07) is 8.85. The third kappa shape index (κ3) is 5.52. The predicted octanol–water partition coefficient (Wildman–Crippen LogP) is 0.496. The van der Waals surface area contributed by atoms with Gasteiger partial charge in [0.05, 0.1) is 13.7 Å². The second-order valence-corrected chi connectivity index (χ2v) is 4.11. The molecule has 5 nitrogen and oxygen atoms in total. The molecule has 1 unspecified atom stereocenters. The van der Waals surface area contributed by atoms with E-state index in [9.17, 15) is 9.59 Å². The Bertz CT molecular complexity index is 406. The second-order valence-electron chi connectivity index (χ2n) is 4.11. The Hall–Kier alpha value is -1.88. The van der Waals surface area contributed by atoms with Crippen LogP contribution in [0.1, 0.15) is 12.5 Å². The van der Waals surface area contributed by atoms with E-state index in [0.717, 1.165) is 5.56 Å². The molecule has 1 aromatic rings. The van der Waals surface area contributed by atoms with Gasteiger partial charge in [0.25, 0.3) is 0 Å². The highest BCUT2D eigenvalue weighted by molar-refractivity contribution is 5.85. The maximum Gasteiger partial charge on any atom is 0.328 e. The Morgan fingerprint density at radius 2 is 1.95 bits per heavy atom. The van der Waals surface area contributed by atoms with Crippen LogP contribution in [-0.4, -0.2) is 38.1 Å². The number of nitrogens with one attached hydrogen (secondary N) is 2. The van der Waals surface area contributed by atoms with E-state index in [1.807, 2.05) is 37.3 Å². The first-order valence-electron chi connectivity index (χ1n) is 6.29. The molecule has 2 N–H and O–H groups in total. The van der Waals surface area contributed by atoms with Gasteiger partial charge in [-0.15, -0.1) is 0 Å². The lowest BCUT2D eigenvalue weighted by atomic mass is 10.1. The molecule has 1 amide bonds. The lowest BCUT2D eigenvalue weighted by molar-refractivity contribution is -0.144. The van der Waals surface area contributed by atoms with Crippen LogP contribution < -0.4 is 10.6 Å². The summed E-state index contributed by atoms with van der Waals surface area (Å²) < 4.78 is 4.72. The van der Waals surface area contributed by atoms with Crippen molar-refractivity contribution in [1.29, 1.82) is 0 Å². The number of rotatable bonds is 7. The third-order valence-electron chi connectivity index (χ3n) is 2.64. The summed E-state index contributed by atoms with van der Waals surface area (Å²) in [4.78, 5) is 23.3. The average molecular weight is 264 g/mol. The van der Waals surface area contributed by atoms with Crippen molar-refractivity contribution in [1.82, 2.24) is 10.6 Å². The zero-order valence-corrected chi connectivity index (χ0v) is 11.3. The number of likely N-dealkylation sites (N-methyl/N-ethyl adjacent to an activating group) is 1. The fourth-order valence-electron chi connectivity index (χ4n) is 1.67. The van der Waals surface area contributed by atoms with E-state index in [4.69, 9.17) is 4.74 Å². The van der Waals surface area contributed by atoms with Crippen molar-refractivity contribution in [2.45, 2.75) is 19.4 Å². The summed E-state index contributed by atoms with van der Waals surface area (Å²) in [5.41, 5.74) is 0.974. The van der Waals surface area contributed by atoms with Gasteiger partial charge in [0.15, 0.2) is 0 Å². The minimum Gasteiger partial charge on any atom is -0.467 e. The van der Waals surface area contributed by atoms with Crippen LogP contribution >= 0.6 is 0 Å². The number of carbonyl (C=O) groups excluding carboxylic acids is 2. The van der Waals surface area contributed by atoms with Crippen LogP contribution in [0.4, 0.5) is 0 Å². The molecule has 0 aliphatic carbocycles. The molecule has 0 aliphatic rings. The number of methoxy groups -OCH3 is 1. The molecule has 1 rings (SSSR count). The molecule has 0 heterocycles. The number of esters is 1. The number of amides is 1. The van der Waals surface area contributed by atoms with Gasteiger partial charge < -0.3 is 15.4 Å². The molecular weight excluding hydrogens is 244 g/mol. The maximum atomic E-state index is 11.7. The first-order valence-corrected chi connectivity index (χ1v) is 6.29. The standard InChI is InChI=1S/C14H20N2O3/c1-3-15-10-13(17)16-12(14(18)19-2)9-11-7-5-4-6-8-11/h4-8,12,15H,3,9-10H2,1-2H3,(H,16,17). The van der Waals surface area contributed by atoms with Gasteiger partial charge in [0.1, 0.15) is 6.04 Å². The quantitative estimate of drug-likeness (QED) is 0.704. The highest BCUT2D eigenvalue weighted by atomic mass is 16.5. The Morgan fingerprint density at radius 1 is 1.26 bits per heavy atom. The number of carbonyl (C=O) groups is 2. The smallest absolute Gasteiger partial charge is 0.328 e. The molecule has 0 saturated carbocycles. The molecule has 104 valence electrons. The van der Waals surface area contributed by atoms with Gasteiger partial charge in [0.2, 0.25) is 5.91 Å². The predicted molar refractivity (Wildman–Crippen MR) is 72.6 cm³/mol. The van der Waals surface area contributed by atoms with Crippen molar-refractivity contribution < 1.29 is 14.3 Å². The van der Waals surface area contributed by atoms with E-state index in [2.05, 4.69) is 10.6 Å². The van der Waals surface area contributed by atoms with Crippen molar-refractivity contribution in [3.63, 3.8) is 0 Å². The third-order valence-corrected chi connectivity index (χ3v) is 2.64. The van der Waals surface area contributed by atoms with Gasteiger partial charge in [-0.25, -0.2) is 4.79 Å².